The summed E-state index contributed by atoms with van der Waals surface area (Å²) in [5.41, 5.74) is 2.33. The molecule has 6 heteroatoms. The zero-order chi connectivity index (χ0) is 22.7. The van der Waals surface area contributed by atoms with Crippen LogP contribution in [0.4, 0.5) is 0 Å². The second kappa shape index (κ2) is 9.69. The van der Waals surface area contributed by atoms with Crippen molar-refractivity contribution in [3.63, 3.8) is 0 Å². The Labute approximate surface area is 191 Å². The Balaban J connectivity index is 2.11. The lowest BCUT2D eigenvalue weighted by Gasteiger charge is -2.25. The maximum atomic E-state index is 13.0. The first kappa shape index (κ1) is 23.1. The van der Waals surface area contributed by atoms with Crippen LogP contribution in [0.15, 0.2) is 52.5 Å². The van der Waals surface area contributed by atoms with Gasteiger partial charge in [0.05, 0.1) is 17.7 Å². The van der Waals surface area contributed by atoms with Gasteiger partial charge in [0.25, 0.3) is 11.7 Å². The van der Waals surface area contributed by atoms with Crippen LogP contribution in [0.1, 0.15) is 56.3 Å². The molecule has 1 saturated heterocycles. The Bertz CT molecular complexity index is 1010. The monoisotopic (exact) mass is 485 g/mol. The fourth-order valence-corrected chi connectivity index (χ4v) is 3.98. The number of hydrogen-bond donors (Lipinski definition) is 1. The number of ketones is 1. The second-order valence-corrected chi connectivity index (χ2v) is 8.90. The molecule has 0 aliphatic carbocycles. The molecular weight excluding hydrogens is 458 g/mol. The van der Waals surface area contributed by atoms with E-state index in [1.165, 1.54) is 0 Å². The van der Waals surface area contributed by atoms with Gasteiger partial charge in [-0.2, -0.15) is 0 Å². The van der Waals surface area contributed by atoms with Crippen LogP contribution in [0.25, 0.3) is 5.76 Å². The summed E-state index contributed by atoms with van der Waals surface area (Å²) in [6, 6.07) is 12.1. The van der Waals surface area contributed by atoms with Gasteiger partial charge in [-0.25, -0.2) is 0 Å². The lowest BCUT2D eigenvalue weighted by atomic mass is 9.94. The van der Waals surface area contributed by atoms with E-state index in [-0.39, 0.29) is 17.4 Å². The molecule has 3 rings (SSSR count). The number of carbonyl (C=O) groups is 2. The molecule has 164 valence electrons. The molecular formula is C25H28BrNO4. The Morgan fingerprint density at radius 1 is 1.16 bits per heavy atom. The molecule has 0 bridgehead atoms. The number of Topliss-reactive ketones (excluding diaryl/α,β-unsaturated/α-hetero) is 1. The summed E-state index contributed by atoms with van der Waals surface area (Å²) >= 11 is 3.45. The molecule has 1 aliphatic rings. The first-order chi connectivity index (χ1) is 14.7. The van der Waals surface area contributed by atoms with Crippen LogP contribution in [-0.4, -0.2) is 34.3 Å². The lowest BCUT2D eigenvalue weighted by Crippen LogP contribution is -2.30. The second-order valence-electron chi connectivity index (χ2n) is 8.05. The number of likely N-dealkylation sites (tertiary alicyclic amines) is 1. The zero-order valence-electron chi connectivity index (χ0n) is 18.3. The van der Waals surface area contributed by atoms with Crippen LogP contribution in [0.2, 0.25) is 0 Å². The van der Waals surface area contributed by atoms with Gasteiger partial charge < -0.3 is 14.7 Å². The molecule has 1 atom stereocenters. The summed E-state index contributed by atoms with van der Waals surface area (Å²) in [7, 11) is 0. The molecule has 0 spiro atoms. The SMILES string of the molecule is CCCCN1C(=O)C(=O)/C(=C(\O)c2ccc(Br)c(C)c2)C1c1ccc(OC(C)C)cc1. The molecule has 0 aromatic heterocycles. The Hall–Kier alpha value is -2.60. The number of aliphatic hydroxyl groups is 1. The Kier molecular flexibility index (Phi) is 7.21. The maximum Gasteiger partial charge on any atom is 0.295 e. The molecule has 5 nitrogen and oxygen atoms in total. The predicted octanol–water partition coefficient (Wildman–Crippen LogP) is 5.77. The molecule has 1 aliphatic heterocycles. The van der Waals surface area contributed by atoms with Crippen molar-refractivity contribution in [2.24, 2.45) is 0 Å². The fourth-order valence-electron chi connectivity index (χ4n) is 3.73. The average Bonchev–Trinajstić information content (AvgIpc) is 2.98. The van der Waals surface area contributed by atoms with Gasteiger partial charge in [-0.15, -0.1) is 0 Å². The molecule has 1 amide bonds. The van der Waals surface area contributed by atoms with E-state index in [2.05, 4.69) is 15.9 Å². The quantitative estimate of drug-likeness (QED) is 0.307. The van der Waals surface area contributed by atoms with Gasteiger partial charge in [-0.1, -0.05) is 47.5 Å². The topological polar surface area (TPSA) is 66.8 Å². The lowest BCUT2D eigenvalue weighted by molar-refractivity contribution is -0.139. The van der Waals surface area contributed by atoms with Crippen molar-refractivity contribution in [3.8, 4) is 5.75 Å². The standard InChI is InChI=1S/C25H28BrNO4/c1-5-6-13-27-22(17-7-10-19(11-8-17)31-15(2)3)21(24(29)25(27)30)23(28)18-9-12-20(26)16(4)14-18/h7-12,14-15,22,28H,5-6,13H2,1-4H3/b23-21-. The molecule has 0 saturated carbocycles. The van der Waals surface area contributed by atoms with Crippen LogP contribution < -0.4 is 4.74 Å². The summed E-state index contributed by atoms with van der Waals surface area (Å²) in [4.78, 5) is 27.4. The summed E-state index contributed by atoms with van der Waals surface area (Å²) in [6.45, 7) is 8.30. The van der Waals surface area contributed by atoms with Crippen molar-refractivity contribution in [1.29, 1.82) is 0 Å². The highest BCUT2D eigenvalue weighted by molar-refractivity contribution is 9.10. The van der Waals surface area contributed by atoms with E-state index in [9.17, 15) is 14.7 Å². The van der Waals surface area contributed by atoms with E-state index in [1.54, 1.807) is 17.0 Å². The number of halogens is 1. The first-order valence-corrected chi connectivity index (χ1v) is 11.4. The fraction of sp³-hybridized carbons (Fsp3) is 0.360. The van der Waals surface area contributed by atoms with Crippen LogP contribution in [0.3, 0.4) is 0 Å². The number of aliphatic hydroxyl groups excluding tert-OH is 1. The predicted molar refractivity (Wildman–Crippen MR) is 125 cm³/mol. The van der Waals surface area contributed by atoms with E-state index in [0.717, 1.165) is 28.4 Å². The third kappa shape index (κ3) is 4.85. The van der Waals surface area contributed by atoms with Gasteiger partial charge in [-0.3, -0.25) is 9.59 Å². The number of nitrogens with zero attached hydrogens (tertiary/aromatic N) is 1. The maximum absolute atomic E-state index is 13.0. The molecule has 0 radical (unpaired) electrons. The average molecular weight is 486 g/mol. The third-order valence-corrected chi connectivity index (χ3v) is 6.18. The molecule has 2 aromatic rings. The number of aryl methyl sites for hydroxylation is 1. The van der Waals surface area contributed by atoms with Gasteiger partial charge in [0.1, 0.15) is 11.5 Å². The minimum atomic E-state index is -0.651. The van der Waals surface area contributed by atoms with Gasteiger partial charge in [0.2, 0.25) is 0 Å². The van der Waals surface area contributed by atoms with Gasteiger partial charge in [-0.05, 0) is 62.6 Å². The van der Waals surface area contributed by atoms with Crippen molar-refractivity contribution < 1.29 is 19.4 Å². The molecule has 1 heterocycles. The molecule has 2 aromatic carbocycles. The van der Waals surface area contributed by atoms with Gasteiger partial charge >= 0.3 is 0 Å². The summed E-state index contributed by atoms with van der Waals surface area (Å²) in [5.74, 6) is -0.661. The van der Waals surface area contributed by atoms with Crippen molar-refractivity contribution in [1.82, 2.24) is 4.90 Å². The summed E-state index contributed by atoms with van der Waals surface area (Å²) < 4.78 is 6.63. The number of hydrogen-bond acceptors (Lipinski definition) is 4. The Morgan fingerprint density at radius 3 is 2.42 bits per heavy atom. The van der Waals surface area contributed by atoms with Crippen molar-refractivity contribution in [2.75, 3.05) is 6.54 Å². The molecule has 1 N–H and O–H groups in total. The normalized spacial score (nSPS) is 18.1. The largest absolute Gasteiger partial charge is 0.507 e. The van der Waals surface area contributed by atoms with Crippen molar-refractivity contribution in [2.45, 2.75) is 52.7 Å². The highest BCUT2D eigenvalue weighted by atomic mass is 79.9. The first-order valence-electron chi connectivity index (χ1n) is 10.6. The van der Waals surface area contributed by atoms with Gasteiger partial charge in [0, 0.05) is 16.6 Å². The van der Waals surface area contributed by atoms with Crippen LogP contribution >= 0.6 is 15.9 Å². The highest BCUT2D eigenvalue weighted by Gasteiger charge is 2.45. The van der Waals surface area contributed by atoms with Crippen LogP contribution in [0.5, 0.6) is 5.75 Å². The van der Waals surface area contributed by atoms with E-state index < -0.39 is 17.7 Å². The number of rotatable bonds is 7. The minimum absolute atomic E-state index is 0.0432. The summed E-state index contributed by atoms with van der Waals surface area (Å²) in [5, 5.41) is 11.1. The highest BCUT2D eigenvalue weighted by Crippen LogP contribution is 2.40. The van der Waals surface area contributed by atoms with E-state index in [4.69, 9.17) is 4.74 Å². The van der Waals surface area contributed by atoms with Crippen LogP contribution in [-0.2, 0) is 9.59 Å². The number of unbranched alkanes of at least 4 members (excludes halogenated alkanes) is 1. The van der Waals surface area contributed by atoms with E-state index in [0.29, 0.717) is 17.9 Å². The smallest absolute Gasteiger partial charge is 0.295 e. The Morgan fingerprint density at radius 2 is 1.84 bits per heavy atom. The third-order valence-electron chi connectivity index (χ3n) is 5.29. The number of amides is 1. The van der Waals surface area contributed by atoms with Crippen LogP contribution in [0, 0.1) is 6.92 Å². The number of benzene rings is 2. The summed E-state index contributed by atoms with van der Waals surface area (Å²) in [6.07, 6.45) is 1.71. The minimum Gasteiger partial charge on any atom is -0.507 e. The molecule has 31 heavy (non-hydrogen) atoms. The number of carbonyl (C=O) groups excluding carboxylic acids is 2. The zero-order valence-corrected chi connectivity index (χ0v) is 19.9. The number of ether oxygens (including phenoxy) is 1. The molecule has 1 unspecified atom stereocenters. The van der Waals surface area contributed by atoms with E-state index >= 15 is 0 Å². The molecule has 1 fully saturated rings. The van der Waals surface area contributed by atoms with E-state index in [1.807, 2.05) is 58.0 Å². The van der Waals surface area contributed by atoms with Crippen molar-refractivity contribution in [3.05, 3.63) is 69.2 Å². The van der Waals surface area contributed by atoms with Crippen molar-refractivity contribution >= 4 is 33.4 Å². The van der Waals surface area contributed by atoms with Gasteiger partial charge in [0.15, 0.2) is 0 Å².